The number of pyridine rings is 1. The third-order valence-electron chi connectivity index (χ3n) is 3.87. The average Bonchev–Trinajstić information content (AvgIpc) is 2.65. The van der Waals surface area contributed by atoms with Crippen LogP contribution in [0.5, 0.6) is 11.6 Å². The maximum absolute atomic E-state index is 12.8. The molecule has 5 nitrogen and oxygen atoms in total. The van der Waals surface area contributed by atoms with Gasteiger partial charge in [0.1, 0.15) is 5.75 Å². The van der Waals surface area contributed by atoms with Crippen molar-refractivity contribution in [2.24, 2.45) is 0 Å². The zero-order valence-corrected chi connectivity index (χ0v) is 14.7. The van der Waals surface area contributed by atoms with Crippen LogP contribution in [0.15, 0.2) is 60.8 Å². The number of halogens is 3. The number of carbonyl (C=O) groups excluding carboxylic acids is 1. The summed E-state index contributed by atoms with van der Waals surface area (Å²) in [6, 6.07) is 12.4. The van der Waals surface area contributed by atoms with Crippen LogP contribution in [-0.4, -0.2) is 10.9 Å². The Morgan fingerprint density at radius 3 is 2.57 bits per heavy atom. The SMILES string of the molecule is Cc1ccc(NC(=O)c2cccc(C(F)(F)F)c2)cc1Oc1ccc(N)cn1. The standard InChI is InChI=1S/C20H16F3N3O2/c1-12-5-7-16(10-17(12)28-18-8-6-15(24)11-25-18)26-19(27)13-3-2-4-14(9-13)20(21,22)23/h2-11H,24H2,1H3,(H,26,27). The Balaban J connectivity index is 1.79. The predicted molar refractivity (Wildman–Crippen MR) is 99.3 cm³/mol. The van der Waals surface area contributed by atoms with Gasteiger partial charge in [0.25, 0.3) is 5.91 Å². The number of hydrogen-bond acceptors (Lipinski definition) is 4. The van der Waals surface area contributed by atoms with Crippen LogP contribution < -0.4 is 15.8 Å². The number of aryl methyl sites for hydroxylation is 1. The first-order valence-electron chi connectivity index (χ1n) is 8.21. The van der Waals surface area contributed by atoms with Gasteiger partial charge in [0, 0.05) is 23.4 Å². The summed E-state index contributed by atoms with van der Waals surface area (Å²) in [5, 5.41) is 2.57. The third-order valence-corrected chi connectivity index (χ3v) is 3.87. The first kappa shape index (κ1) is 19.2. The van der Waals surface area contributed by atoms with Gasteiger partial charge in [0.05, 0.1) is 17.4 Å². The van der Waals surface area contributed by atoms with Gasteiger partial charge in [-0.25, -0.2) is 4.98 Å². The summed E-state index contributed by atoms with van der Waals surface area (Å²) in [5.41, 5.74) is 6.25. The second-order valence-corrected chi connectivity index (χ2v) is 6.04. The monoisotopic (exact) mass is 387 g/mol. The van der Waals surface area contributed by atoms with Crippen molar-refractivity contribution < 1.29 is 22.7 Å². The molecule has 0 bridgehead atoms. The van der Waals surface area contributed by atoms with Gasteiger partial charge in [0.2, 0.25) is 5.88 Å². The lowest BCUT2D eigenvalue weighted by Crippen LogP contribution is -2.14. The second-order valence-electron chi connectivity index (χ2n) is 6.04. The van der Waals surface area contributed by atoms with Crippen LogP contribution in [0.25, 0.3) is 0 Å². The number of nitrogens with zero attached hydrogens (tertiary/aromatic N) is 1. The van der Waals surface area contributed by atoms with Gasteiger partial charge < -0.3 is 15.8 Å². The third kappa shape index (κ3) is 4.59. The molecule has 0 unspecified atom stereocenters. The molecule has 2 aromatic carbocycles. The minimum atomic E-state index is -4.52. The number of nitrogen functional groups attached to an aromatic ring is 1. The molecule has 0 fully saturated rings. The highest BCUT2D eigenvalue weighted by Crippen LogP contribution is 2.30. The minimum absolute atomic E-state index is 0.0990. The fourth-order valence-corrected chi connectivity index (χ4v) is 2.39. The predicted octanol–water partition coefficient (Wildman–Crippen LogP) is 5.04. The number of nitrogens with one attached hydrogen (secondary N) is 1. The maximum Gasteiger partial charge on any atom is 0.416 e. The molecular formula is C20H16F3N3O2. The van der Waals surface area contributed by atoms with E-state index in [4.69, 9.17) is 10.5 Å². The first-order valence-corrected chi connectivity index (χ1v) is 8.21. The highest BCUT2D eigenvalue weighted by Gasteiger charge is 2.30. The largest absolute Gasteiger partial charge is 0.439 e. The Labute approximate surface area is 159 Å². The molecule has 1 aromatic heterocycles. The quantitative estimate of drug-likeness (QED) is 0.658. The average molecular weight is 387 g/mol. The van der Waals surface area contributed by atoms with Crippen molar-refractivity contribution in [2.75, 3.05) is 11.1 Å². The lowest BCUT2D eigenvalue weighted by molar-refractivity contribution is -0.137. The van der Waals surface area contributed by atoms with E-state index in [1.54, 1.807) is 30.3 Å². The highest BCUT2D eigenvalue weighted by molar-refractivity contribution is 6.04. The number of hydrogen-bond donors (Lipinski definition) is 2. The summed E-state index contributed by atoms with van der Waals surface area (Å²) in [7, 11) is 0. The summed E-state index contributed by atoms with van der Waals surface area (Å²) >= 11 is 0. The molecule has 0 atom stereocenters. The van der Waals surface area contributed by atoms with Crippen molar-refractivity contribution in [2.45, 2.75) is 13.1 Å². The Morgan fingerprint density at radius 2 is 1.89 bits per heavy atom. The summed E-state index contributed by atoms with van der Waals surface area (Å²) in [6.07, 6.45) is -3.07. The van der Waals surface area contributed by atoms with Crippen LogP contribution in [0.1, 0.15) is 21.5 Å². The summed E-state index contributed by atoms with van der Waals surface area (Å²) in [6.45, 7) is 1.81. The lowest BCUT2D eigenvalue weighted by Gasteiger charge is -2.12. The van der Waals surface area contributed by atoms with E-state index < -0.39 is 17.6 Å². The number of rotatable bonds is 4. The zero-order chi connectivity index (χ0) is 20.3. The molecule has 0 aliphatic carbocycles. The molecular weight excluding hydrogens is 371 g/mol. The molecule has 0 aliphatic heterocycles. The molecule has 3 rings (SSSR count). The van der Waals surface area contributed by atoms with E-state index >= 15 is 0 Å². The van der Waals surface area contributed by atoms with Gasteiger partial charge in [-0.15, -0.1) is 0 Å². The van der Waals surface area contributed by atoms with Gasteiger partial charge >= 0.3 is 6.18 Å². The van der Waals surface area contributed by atoms with E-state index in [0.29, 0.717) is 23.0 Å². The van der Waals surface area contributed by atoms with Crippen molar-refractivity contribution in [1.29, 1.82) is 0 Å². The smallest absolute Gasteiger partial charge is 0.416 e. The number of benzene rings is 2. The first-order chi connectivity index (χ1) is 13.2. The van der Waals surface area contributed by atoms with E-state index in [0.717, 1.165) is 17.7 Å². The Hall–Kier alpha value is -3.55. The van der Waals surface area contributed by atoms with Crippen LogP contribution >= 0.6 is 0 Å². The van der Waals surface area contributed by atoms with Gasteiger partial charge in [0.15, 0.2) is 0 Å². The normalized spacial score (nSPS) is 11.1. The van der Waals surface area contributed by atoms with E-state index in [9.17, 15) is 18.0 Å². The van der Waals surface area contributed by atoms with Crippen molar-refractivity contribution in [3.63, 3.8) is 0 Å². The van der Waals surface area contributed by atoms with Crippen LogP contribution in [0.2, 0.25) is 0 Å². The molecule has 144 valence electrons. The summed E-state index contributed by atoms with van der Waals surface area (Å²) < 4.78 is 44.2. The van der Waals surface area contributed by atoms with Crippen molar-refractivity contribution >= 4 is 17.3 Å². The number of anilines is 2. The molecule has 0 saturated heterocycles. The van der Waals surface area contributed by atoms with Gasteiger partial charge in [-0.1, -0.05) is 12.1 Å². The Bertz CT molecular complexity index is 1000. The van der Waals surface area contributed by atoms with Crippen molar-refractivity contribution in [3.05, 3.63) is 77.5 Å². The molecule has 1 amide bonds. The van der Waals surface area contributed by atoms with Crippen LogP contribution in [0.4, 0.5) is 24.5 Å². The summed E-state index contributed by atoms with van der Waals surface area (Å²) in [4.78, 5) is 16.4. The number of nitrogens with two attached hydrogens (primary N) is 1. The Morgan fingerprint density at radius 1 is 1.11 bits per heavy atom. The number of ether oxygens (including phenoxy) is 1. The van der Waals surface area contributed by atoms with Crippen LogP contribution in [0, 0.1) is 6.92 Å². The zero-order valence-electron chi connectivity index (χ0n) is 14.7. The molecule has 0 spiro atoms. The molecule has 0 aliphatic rings. The number of aromatic nitrogens is 1. The van der Waals surface area contributed by atoms with E-state index in [-0.39, 0.29) is 5.56 Å². The van der Waals surface area contributed by atoms with Crippen LogP contribution in [-0.2, 0) is 6.18 Å². The molecule has 8 heteroatoms. The number of alkyl halides is 3. The van der Waals surface area contributed by atoms with E-state index in [2.05, 4.69) is 10.3 Å². The van der Waals surface area contributed by atoms with E-state index in [1.807, 2.05) is 6.92 Å². The summed E-state index contributed by atoms with van der Waals surface area (Å²) in [5.74, 6) is 0.101. The minimum Gasteiger partial charge on any atom is -0.439 e. The molecule has 3 aromatic rings. The molecule has 1 heterocycles. The second kappa shape index (κ2) is 7.59. The number of amides is 1. The van der Waals surface area contributed by atoms with E-state index in [1.165, 1.54) is 18.3 Å². The van der Waals surface area contributed by atoms with Gasteiger partial charge in [-0.05, 0) is 42.8 Å². The van der Waals surface area contributed by atoms with Crippen LogP contribution in [0.3, 0.4) is 0 Å². The molecule has 3 N–H and O–H groups in total. The molecule has 0 radical (unpaired) electrons. The van der Waals surface area contributed by atoms with Gasteiger partial charge in [-0.3, -0.25) is 4.79 Å². The topological polar surface area (TPSA) is 77.2 Å². The maximum atomic E-state index is 12.8. The number of carbonyl (C=O) groups is 1. The fraction of sp³-hybridized carbons (Fsp3) is 0.100. The highest BCUT2D eigenvalue weighted by atomic mass is 19.4. The lowest BCUT2D eigenvalue weighted by atomic mass is 10.1. The Kier molecular flexibility index (Phi) is 5.21. The van der Waals surface area contributed by atoms with Crippen molar-refractivity contribution in [1.82, 2.24) is 4.98 Å². The van der Waals surface area contributed by atoms with Crippen molar-refractivity contribution in [3.8, 4) is 11.6 Å². The fourth-order valence-electron chi connectivity index (χ4n) is 2.39. The van der Waals surface area contributed by atoms with Gasteiger partial charge in [-0.2, -0.15) is 13.2 Å². The molecule has 0 saturated carbocycles. The molecule has 28 heavy (non-hydrogen) atoms.